The topological polar surface area (TPSA) is 64.6 Å². The Bertz CT molecular complexity index is 455. The third kappa shape index (κ3) is 2.26. The van der Waals surface area contributed by atoms with Gasteiger partial charge in [-0.05, 0) is 6.92 Å². The lowest BCUT2D eigenvalue weighted by Gasteiger charge is -2.34. The fourth-order valence-corrected chi connectivity index (χ4v) is 1.83. The normalized spacial score (nSPS) is 19.7. The molecule has 0 spiro atoms. The lowest BCUT2D eigenvalue weighted by molar-refractivity contribution is -0.144. The summed E-state index contributed by atoms with van der Waals surface area (Å²) < 4.78 is 23.9. The maximum Gasteiger partial charge on any atom is 0.330 e. The molecule has 18 heavy (non-hydrogen) atoms. The number of carbonyl (C=O) groups is 1. The Hall–Kier alpha value is -1.76. The average Bonchev–Trinajstić information content (AvgIpc) is 2.41. The Balaban J connectivity index is 2.34. The molecule has 6 nitrogen and oxygen atoms in total. The number of nitrogens with zero attached hydrogens (tertiary/aromatic N) is 3. The number of halogens is 1. The number of esters is 1. The first-order chi connectivity index (χ1) is 8.65. The summed E-state index contributed by atoms with van der Waals surface area (Å²) in [6.07, 6.45) is 1.28. The van der Waals surface area contributed by atoms with Gasteiger partial charge in [0.1, 0.15) is 6.33 Å². The van der Waals surface area contributed by atoms with Gasteiger partial charge in [-0.2, -0.15) is 0 Å². The van der Waals surface area contributed by atoms with Crippen molar-refractivity contribution >= 4 is 11.8 Å². The molecule has 1 saturated heterocycles. The van der Waals surface area contributed by atoms with Gasteiger partial charge in [0.05, 0.1) is 26.0 Å². The first-order valence-electron chi connectivity index (χ1n) is 5.54. The van der Waals surface area contributed by atoms with Crippen molar-refractivity contribution in [3.05, 3.63) is 17.8 Å². The summed E-state index contributed by atoms with van der Waals surface area (Å²) in [5, 5.41) is 0. The smallest absolute Gasteiger partial charge is 0.330 e. The summed E-state index contributed by atoms with van der Waals surface area (Å²) in [4.78, 5) is 20.9. The minimum Gasteiger partial charge on any atom is -0.467 e. The molecule has 7 heteroatoms. The van der Waals surface area contributed by atoms with Crippen LogP contribution in [0.2, 0.25) is 0 Å². The fourth-order valence-electron chi connectivity index (χ4n) is 1.83. The first kappa shape index (κ1) is 12.7. The van der Waals surface area contributed by atoms with Crippen molar-refractivity contribution in [1.29, 1.82) is 0 Å². The minimum atomic E-state index is -0.674. The van der Waals surface area contributed by atoms with E-state index in [0.717, 1.165) is 0 Å². The zero-order chi connectivity index (χ0) is 13.1. The number of aryl methyl sites for hydroxylation is 1. The summed E-state index contributed by atoms with van der Waals surface area (Å²) in [6, 6.07) is -0.674. The van der Waals surface area contributed by atoms with Gasteiger partial charge in [-0.15, -0.1) is 0 Å². The van der Waals surface area contributed by atoms with E-state index in [2.05, 4.69) is 14.7 Å². The highest BCUT2D eigenvalue weighted by Gasteiger charge is 2.33. The van der Waals surface area contributed by atoms with Gasteiger partial charge in [-0.3, -0.25) is 0 Å². The molecule has 0 radical (unpaired) electrons. The van der Waals surface area contributed by atoms with Crippen LogP contribution in [0.5, 0.6) is 0 Å². The van der Waals surface area contributed by atoms with Crippen LogP contribution >= 0.6 is 0 Å². The van der Waals surface area contributed by atoms with Gasteiger partial charge in [0.15, 0.2) is 17.7 Å². The lowest BCUT2D eigenvalue weighted by atomic mass is 10.2. The molecule has 1 aromatic heterocycles. The van der Waals surface area contributed by atoms with Crippen molar-refractivity contribution in [3.63, 3.8) is 0 Å². The molecule has 1 aliphatic rings. The molecular weight excluding hydrogens is 241 g/mol. The molecule has 0 amide bonds. The summed E-state index contributed by atoms with van der Waals surface area (Å²) in [6.45, 7) is 2.51. The summed E-state index contributed by atoms with van der Waals surface area (Å²) in [5.41, 5.74) is 0.245. The highest BCUT2D eigenvalue weighted by atomic mass is 19.1. The molecule has 0 saturated carbocycles. The number of methoxy groups -OCH3 is 1. The SMILES string of the molecule is COC(=O)C1COCCN1c1ncnc(C)c1F. The highest BCUT2D eigenvalue weighted by Crippen LogP contribution is 2.22. The van der Waals surface area contributed by atoms with E-state index < -0.39 is 17.8 Å². The molecule has 0 bridgehead atoms. The molecule has 1 unspecified atom stereocenters. The molecule has 1 fully saturated rings. The van der Waals surface area contributed by atoms with Crippen molar-refractivity contribution in [3.8, 4) is 0 Å². The van der Waals surface area contributed by atoms with Crippen LogP contribution in [0.25, 0.3) is 0 Å². The third-order valence-electron chi connectivity index (χ3n) is 2.82. The molecule has 1 atom stereocenters. The Morgan fingerprint density at radius 2 is 2.39 bits per heavy atom. The van der Waals surface area contributed by atoms with Crippen LogP contribution in [0.4, 0.5) is 10.2 Å². The molecular formula is C11H14FN3O3. The van der Waals surface area contributed by atoms with Gasteiger partial charge >= 0.3 is 5.97 Å². The van der Waals surface area contributed by atoms with Crippen molar-refractivity contribution in [2.24, 2.45) is 0 Å². The quantitative estimate of drug-likeness (QED) is 0.708. The van der Waals surface area contributed by atoms with Crippen molar-refractivity contribution in [2.75, 3.05) is 31.8 Å². The second-order valence-electron chi connectivity index (χ2n) is 3.90. The van der Waals surface area contributed by atoms with Crippen molar-refractivity contribution in [1.82, 2.24) is 9.97 Å². The molecule has 0 N–H and O–H groups in total. The van der Waals surface area contributed by atoms with Gasteiger partial charge in [0.2, 0.25) is 0 Å². The van der Waals surface area contributed by atoms with Gasteiger partial charge in [-0.25, -0.2) is 19.2 Å². The number of ether oxygens (including phenoxy) is 2. The number of morpholine rings is 1. The molecule has 0 aromatic carbocycles. The third-order valence-corrected chi connectivity index (χ3v) is 2.82. The van der Waals surface area contributed by atoms with E-state index in [9.17, 15) is 9.18 Å². The number of aromatic nitrogens is 2. The average molecular weight is 255 g/mol. The van der Waals surface area contributed by atoms with Gasteiger partial charge in [-0.1, -0.05) is 0 Å². The molecule has 98 valence electrons. The van der Waals surface area contributed by atoms with Gasteiger partial charge in [0.25, 0.3) is 0 Å². The number of carbonyl (C=O) groups excluding carboxylic acids is 1. The summed E-state index contributed by atoms with van der Waals surface area (Å²) in [7, 11) is 1.29. The van der Waals surface area contributed by atoms with Crippen LogP contribution < -0.4 is 4.90 Å². The first-order valence-corrected chi connectivity index (χ1v) is 5.54. The van der Waals surface area contributed by atoms with E-state index in [0.29, 0.717) is 13.2 Å². The lowest BCUT2D eigenvalue weighted by Crippen LogP contribution is -2.51. The maximum absolute atomic E-state index is 14.0. The van der Waals surface area contributed by atoms with E-state index in [4.69, 9.17) is 4.74 Å². The van der Waals surface area contributed by atoms with E-state index in [1.807, 2.05) is 0 Å². The van der Waals surface area contributed by atoms with E-state index in [-0.39, 0.29) is 18.1 Å². The maximum atomic E-state index is 14.0. The number of rotatable bonds is 2. The largest absolute Gasteiger partial charge is 0.467 e. The Kier molecular flexibility index (Phi) is 3.71. The second-order valence-corrected chi connectivity index (χ2v) is 3.90. The van der Waals surface area contributed by atoms with Crippen LogP contribution in [-0.2, 0) is 14.3 Å². The van der Waals surface area contributed by atoms with Gasteiger partial charge < -0.3 is 14.4 Å². The van der Waals surface area contributed by atoms with Gasteiger partial charge in [0, 0.05) is 6.54 Å². The summed E-state index contributed by atoms with van der Waals surface area (Å²) >= 11 is 0. The summed E-state index contributed by atoms with van der Waals surface area (Å²) in [5.74, 6) is -0.875. The molecule has 1 aromatic rings. The zero-order valence-electron chi connectivity index (χ0n) is 10.2. The monoisotopic (exact) mass is 255 g/mol. The highest BCUT2D eigenvalue weighted by molar-refractivity contribution is 5.80. The zero-order valence-corrected chi connectivity index (χ0v) is 10.2. The minimum absolute atomic E-state index is 0.112. The van der Waals surface area contributed by atoms with Crippen LogP contribution in [0, 0.1) is 12.7 Å². The van der Waals surface area contributed by atoms with Crippen LogP contribution in [0.15, 0.2) is 6.33 Å². The fraction of sp³-hybridized carbons (Fsp3) is 0.545. The predicted octanol–water partition coefficient (Wildman–Crippen LogP) is 0.302. The van der Waals surface area contributed by atoms with E-state index >= 15 is 0 Å². The van der Waals surface area contributed by atoms with Crippen LogP contribution in [0.1, 0.15) is 5.69 Å². The Morgan fingerprint density at radius 1 is 1.61 bits per heavy atom. The second kappa shape index (κ2) is 5.26. The number of anilines is 1. The molecule has 2 rings (SSSR count). The molecule has 0 aliphatic carbocycles. The van der Waals surface area contributed by atoms with Crippen LogP contribution in [0.3, 0.4) is 0 Å². The Morgan fingerprint density at radius 3 is 3.11 bits per heavy atom. The predicted molar refractivity (Wildman–Crippen MR) is 60.7 cm³/mol. The number of hydrogen-bond acceptors (Lipinski definition) is 6. The van der Waals surface area contributed by atoms with Crippen LogP contribution in [-0.4, -0.2) is 48.8 Å². The molecule has 2 heterocycles. The van der Waals surface area contributed by atoms with Crippen molar-refractivity contribution < 1.29 is 18.7 Å². The van der Waals surface area contributed by atoms with Crippen molar-refractivity contribution in [2.45, 2.75) is 13.0 Å². The Labute approximate surface area is 104 Å². The standard InChI is InChI=1S/C11H14FN3O3/c1-7-9(12)10(14-6-13-7)15-3-4-18-5-8(15)11(16)17-2/h6,8H,3-5H2,1-2H3. The van der Waals surface area contributed by atoms with E-state index in [1.54, 1.807) is 11.8 Å². The number of hydrogen-bond donors (Lipinski definition) is 0. The molecule has 1 aliphatic heterocycles. The van der Waals surface area contributed by atoms with E-state index in [1.165, 1.54) is 13.4 Å².